The molecule has 1 heterocycles. The highest BCUT2D eigenvalue weighted by Crippen LogP contribution is 2.18. The van der Waals surface area contributed by atoms with Gasteiger partial charge in [-0.05, 0) is 30.0 Å². The zero-order valence-electron chi connectivity index (χ0n) is 18.6. The Kier molecular flexibility index (Phi) is 8.06. The lowest BCUT2D eigenvalue weighted by Gasteiger charge is -2.33. The molecule has 1 fully saturated rings. The lowest BCUT2D eigenvalue weighted by molar-refractivity contribution is 0.198. The van der Waals surface area contributed by atoms with Gasteiger partial charge in [0.1, 0.15) is 0 Å². The molecule has 1 aliphatic rings. The van der Waals surface area contributed by atoms with Crippen molar-refractivity contribution in [2.75, 3.05) is 34.2 Å². The molecule has 0 radical (unpaired) electrons. The van der Waals surface area contributed by atoms with Gasteiger partial charge in [0.25, 0.3) is 0 Å². The second kappa shape index (κ2) is 10.7. The van der Waals surface area contributed by atoms with Gasteiger partial charge in [-0.1, -0.05) is 48.5 Å². The average Bonchev–Trinajstić information content (AvgIpc) is 2.78. The van der Waals surface area contributed by atoms with Crippen LogP contribution in [-0.4, -0.2) is 63.9 Å². The zero-order chi connectivity index (χ0) is 22.3. The summed E-state index contributed by atoms with van der Waals surface area (Å²) in [6, 6.07) is 18.0. The third-order valence-corrected chi connectivity index (χ3v) is 7.49. The molecule has 0 bridgehead atoms. The Labute approximate surface area is 186 Å². The van der Waals surface area contributed by atoms with Crippen molar-refractivity contribution in [2.45, 2.75) is 36.9 Å². The molecule has 0 spiro atoms. The number of aliphatic imine (C=N–C) groups is 1. The van der Waals surface area contributed by atoms with Crippen molar-refractivity contribution in [3.05, 3.63) is 65.7 Å². The van der Waals surface area contributed by atoms with Crippen LogP contribution < -0.4 is 10.6 Å². The van der Waals surface area contributed by atoms with E-state index in [-0.39, 0.29) is 0 Å². The first-order valence-corrected chi connectivity index (χ1v) is 12.1. The van der Waals surface area contributed by atoms with Crippen molar-refractivity contribution < 1.29 is 8.42 Å². The molecule has 0 aliphatic carbocycles. The number of piperidine rings is 1. The summed E-state index contributed by atoms with van der Waals surface area (Å²) in [5.41, 5.74) is 2.06. The minimum atomic E-state index is -3.49. The number of nitrogens with zero attached hydrogens (tertiary/aromatic N) is 3. The van der Waals surface area contributed by atoms with Crippen LogP contribution in [0.5, 0.6) is 0 Å². The Hall–Kier alpha value is -2.42. The van der Waals surface area contributed by atoms with Crippen LogP contribution in [0.25, 0.3) is 0 Å². The Morgan fingerprint density at radius 2 is 1.71 bits per heavy atom. The van der Waals surface area contributed by atoms with Crippen LogP contribution in [0.2, 0.25) is 0 Å². The van der Waals surface area contributed by atoms with Gasteiger partial charge < -0.3 is 10.6 Å². The second-order valence-corrected chi connectivity index (χ2v) is 10.1. The number of hydrogen-bond donors (Lipinski definition) is 2. The number of nitrogens with one attached hydrogen (secondary N) is 2. The van der Waals surface area contributed by atoms with Gasteiger partial charge in [-0.25, -0.2) is 12.7 Å². The highest BCUT2D eigenvalue weighted by Gasteiger charge is 2.22. The minimum absolute atomic E-state index is 0.317. The molecule has 7 nitrogen and oxygen atoms in total. The predicted octanol–water partition coefficient (Wildman–Crippen LogP) is 2.27. The van der Waals surface area contributed by atoms with E-state index in [9.17, 15) is 8.42 Å². The van der Waals surface area contributed by atoms with Crippen LogP contribution in [0.4, 0.5) is 0 Å². The smallest absolute Gasteiger partial charge is 0.242 e. The van der Waals surface area contributed by atoms with E-state index in [1.165, 1.54) is 9.87 Å². The summed E-state index contributed by atoms with van der Waals surface area (Å²) < 4.78 is 26.4. The molecule has 0 unspecified atom stereocenters. The van der Waals surface area contributed by atoms with Gasteiger partial charge in [0.05, 0.1) is 4.90 Å². The lowest BCUT2D eigenvalue weighted by Crippen LogP contribution is -2.48. The van der Waals surface area contributed by atoms with Gasteiger partial charge in [-0.15, -0.1) is 0 Å². The molecule has 1 saturated heterocycles. The molecule has 2 aromatic carbocycles. The maximum absolute atomic E-state index is 12.6. The van der Waals surface area contributed by atoms with Crippen LogP contribution in [0, 0.1) is 0 Å². The maximum atomic E-state index is 12.6. The Balaban J connectivity index is 1.52. The number of benzene rings is 2. The maximum Gasteiger partial charge on any atom is 0.242 e. The lowest BCUT2D eigenvalue weighted by atomic mass is 10.0. The van der Waals surface area contributed by atoms with Crippen molar-refractivity contribution in [1.29, 1.82) is 0 Å². The average molecular weight is 444 g/mol. The predicted molar refractivity (Wildman–Crippen MR) is 125 cm³/mol. The Morgan fingerprint density at radius 1 is 1.06 bits per heavy atom. The normalized spacial score (nSPS) is 16.5. The number of guanidine groups is 1. The molecule has 2 N–H and O–H groups in total. The number of rotatable bonds is 7. The first-order valence-electron chi connectivity index (χ1n) is 10.6. The molecule has 8 heteroatoms. The summed E-state index contributed by atoms with van der Waals surface area (Å²) in [5.74, 6) is 0.693. The van der Waals surface area contributed by atoms with Gasteiger partial charge in [0.2, 0.25) is 10.0 Å². The van der Waals surface area contributed by atoms with Crippen LogP contribution in [0.3, 0.4) is 0 Å². The summed E-state index contributed by atoms with van der Waals surface area (Å²) in [5, 5.41) is 6.77. The van der Waals surface area contributed by atoms with E-state index in [1.54, 1.807) is 33.3 Å². The van der Waals surface area contributed by atoms with Crippen molar-refractivity contribution in [1.82, 2.24) is 19.8 Å². The molecule has 0 atom stereocenters. The first kappa shape index (κ1) is 23.2. The van der Waals surface area contributed by atoms with Crippen molar-refractivity contribution in [3.63, 3.8) is 0 Å². The van der Waals surface area contributed by atoms with E-state index in [0.717, 1.165) is 38.0 Å². The summed E-state index contributed by atoms with van der Waals surface area (Å²) in [4.78, 5) is 7.13. The largest absolute Gasteiger partial charge is 0.354 e. The fraction of sp³-hybridized carbons (Fsp3) is 0.435. The second-order valence-electron chi connectivity index (χ2n) is 8.00. The number of likely N-dealkylation sites (tertiary alicyclic amines) is 1. The Bertz CT molecular complexity index is 968. The van der Waals surface area contributed by atoms with Crippen LogP contribution in [0.1, 0.15) is 24.0 Å². The highest BCUT2D eigenvalue weighted by molar-refractivity contribution is 7.89. The van der Waals surface area contributed by atoms with E-state index in [2.05, 4.69) is 44.8 Å². The van der Waals surface area contributed by atoms with E-state index < -0.39 is 10.0 Å². The minimum Gasteiger partial charge on any atom is -0.354 e. The standard InChI is InChI=1S/C23H33N5O2S/c1-24-23(25-17-20-11-7-8-12-22(20)31(29,30)27(2)3)26-21-13-15-28(16-14-21)18-19-9-5-4-6-10-19/h4-12,21H,13-18H2,1-3H3,(H2,24,25,26). The monoisotopic (exact) mass is 443 g/mol. The van der Waals surface area contributed by atoms with Crippen LogP contribution >= 0.6 is 0 Å². The third kappa shape index (κ3) is 6.29. The topological polar surface area (TPSA) is 77.0 Å². The molecule has 31 heavy (non-hydrogen) atoms. The van der Waals surface area contributed by atoms with Crippen molar-refractivity contribution >= 4 is 16.0 Å². The molecule has 168 valence electrons. The highest BCUT2D eigenvalue weighted by atomic mass is 32.2. The van der Waals surface area contributed by atoms with E-state index >= 15 is 0 Å². The fourth-order valence-electron chi connectivity index (χ4n) is 3.74. The molecule has 0 aromatic heterocycles. The SMILES string of the molecule is CN=C(NCc1ccccc1S(=O)(=O)N(C)C)NC1CCN(Cc2ccccc2)CC1. The van der Waals surface area contributed by atoms with E-state index in [1.807, 2.05) is 18.2 Å². The number of hydrogen-bond acceptors (Lipinski definition) is 4. The number of sulfonamides is 1. The summed E-state index contributed by atoms with van der Waals surface area (Å²) in [6.45, 7) is 3.44. The third-order valence-electron chi connectivity index (χ3n) is 5.58. The molecule has 2 aromatic rings. The molecular weight excluding hydrogens is 410 g/mol. The molecule has 0 saturated carbocycles. The van der Waals surface area contributed by atoms with Crippen LogP contribution in [-0.2, 0) is 23.1 Å². The van der Waals surface area contributed by atoms with Gasteiger partial charge in [0, 0.05) is 53.4 Å². The van der Waals surface area contributed by atoms with Crippen LogP contribution in [0.15, 0.2) is 64.5 Å². The summed E-state index contributed by atoms with van der Waals surface area (Å²) in [6.07, 6.45) is 2.08. The van der Waals surface area contributed by atoms with E-state index in [4.69, 9.17) is 0 Å². The quantitative estimate of drug-likeness (QED) is 0.507. The molecule has 3 rings (SSSR count). The molecule has 1 aliphatic heterocycles. The molecular formula is C23H33N5O2S. The van der Waals surface area contributed by atoms with Gasteiger partial charge >= 0.3 is 0 Å². The zero-order valence-corrected chi connectivity index (χ0v) is 19.4. The van der Waals surface area contributed by atoms with Crippen molar-refractivity contribution in [2.24, 2.45) is 4.99 Å². The van der Waals surface area contributed by atoms with Crippen molar-refractivity contribution in [3.8, 4) is 0 Å². The first-order chi connectivity index (χ1) is 14.9. The summed E-state index contributed by atoms with van der Waals surface area (Å²) >= 11 is 0. The van der Waals surface area contributed by atoms with Gasteiger partial charge in [-0.3, -0.25) is 9.89 Å². The summed E-state index contributed by atoms with van der Waals surface area (Å²) in [7, 11) is 1.34. The van der Waals surface area contributed by atoms with Gasteiger partial charge in [-0.2, -0.15) is 0 Å². The Morgan fingerprint density at radius 3 is 2.35 bits per heavy atom. The molecule has 0 amide bonds. The van der Waals surface area contributed by atoms with Gasteiger partial charge in [0.15, 0.2) is 5.96 Å². The fourth-order valence-corrected chi connectivity index (χ4v) is 4.86. The van der Waals surface area contributed by atoms with E-state index in [0.29, 0.717) is 23.4 Å².